The Morgan fingerprint density at radius 1 is 1.08 bits per heavy atom. The van der Waals surface area contributed by atoms with Gasteiger partial charge in [0.2, 0.25) is 0 Å². The molecule has 0 aromatic heterocycles. The average molecular weight is 331 g/mol. The molecule has 24 heavy (non-hydrogen) atoms. The molecule has 0 spiro atoms. The molecule has 1 unspecified atom stereocenters. The highest BCUT2D eigenvalue weighted by molar-refractivity contribution is 6.21. The largest absolute Gasteiger partial charge is 0.499 e. The number of hydrogen-bond acceptors (Lipinski definition) is 5. The van der Waals surface area contributed by atoms with Crippen LogP contribution < -0.4 is 0 Å². The van der Waals surface area contributed by atoms with Crippen LogP contribution in [0.5, 0.6) is 0 Å². The van der Waals surface area contributed by atoms with Crippen LogP contribution in [0.3, 0.4) is 0 Å². The summed E-state index contributed by atoms with van der Waals surface area (Å²) in [6.07, 6.45) is 1.65. The molecule has 0 radical (unpaired) electrons. The van der Waals surface area contributed by atoms with Gasteiger partial charge < -0.3 is 9.47 Å². The fourth-order valence-corrected chi connectivity index (χ4v) is 2.75. The number of carbonyl (C=O) groups excluding carboxylic acids is 3. The molecule has 0 aliphatic carbocycles. The molecule has 1 aliphatic heterocycles. The Balaban J connectivity index is 2.46. The third-order valence-corrected chi connectivity index (χ3v) is 3.86. The third kappa shape index (κ3) is 3.32. The van der Waals surface area contributed by atoms with Crippen LogP contribution in [0.4, 0.5) is 0 Å². The summed E-state index contributed by atoms with van der Waals surface area (Å²) >= 11 is 0. The summed E-state index contributed by atoms with van der Waals surface area (Å²) in [5, 5.41) is 0. The van der Waals surface area contributed by atoms with Crippen LogP contribution in [0.25, 0.3) is 0 Å². The zero-order valence-corrected chi connectivity index (χ0v) is 14.2. The van der Waals surface area contributed by atoms with Crippen molar-refractivity contribution in [3.05, 3.63) is 47.2 Å². The van der Waals surface area contributed by atoms with Gasteiger partial charge in [0.15, 0.2) is 0 Å². The minimum Gasteiger partial charge on any atom is -0.499 e. The number of methoxy groups -OCH3 is 2. The van der Waals surface area contributed by atoms with Crippen molar-refractivity contribution < 1.29 is 23.9 Å². The highest BCUT2D eigenvalue weighted by Crippen LogP contribution is 2.30. The maximum atomic E-state index is 12.7. The number of imide groups is 1. The van der Waals surface area contributed by atoms with E-state index in [4.69, 9.17) is 4.74 Å². The second-order valence-electron chi connectivity index (χ2n) is 5.95. The molecule has 1 aromatic carbocycles. The lowest BCUT2D eigenvalue weighted by Crippen LogP contribution is -2.42. The van der Waals surface area contributed by atoms with Crippen LogP contribution in [-0.4, -0.2) is 42.9 Å². The maximum Gasteiger partial charge on any atom is 0.333 e. The van der Waals surface area contributed by atoms with Gasteiger partial charge in [-0.1, -0.05) is 26.0 Å². The van der Waals surface area contributed by atoms with Crippen LogP contribution in [0, 0.1) is 5.92 Å². The molecule has 0 saturated heterocycles. The van der Waals surface area contributed by atoms with Gasteiger partial charge in [-0.3, -0.25) is 14.5 Å². The van der Waals surface area contributed by atoms with Gasteiger partial charge in [0.05, 0.1) is 37.5 Å². The maximum absolute atomic E-state index is 12.7. The number of ether oxygens (including phenoxy) is 2. The summed E-state index contributed by atoms with van der Waals surface area (Å²) in [6, 6.07) is 6.01. The van der Waals surface area contributed by atoms with Gasteiger partial charge in [0.1, 0.15) is 5.76 Å². The van der Waals surface area contributed by atoms with E-state index in [9.17, 15) is 14.4 Å². The molecular formula is C18H21NO5. The first-order valence-electron chi connectivity index (χ1n) is 7.71. The van der Waals surface area contributed by atoms with Crippen LogP contribution >= 0.6 is 0 Å². The first kappa shape index (κ1) is 17.7. The number of carbonyl (C=O) groups is 3. The Labute approximate surface area is 141 Å². The Morgan fingerprint density at radius 2 is 1.62 bits per heavy atom. The van der Waals surface area contributed by atoms with Crippen molar-refractivity contribution in [3.8, 4) is 0 Å². The molecule has 0 N–H and O–H groups in total. The second-order valence-corrected chi connectivity index (χ2v) is 5.95. The van der Waals surface area contributed by atoms with Crippen molar-refractivity contribution in [2.24, 2.45) is 5.92 Å². The van der Waals surface area contributed by atoms with Crippen LogP contribution in [0.1, 0.15) is 41.0 Å². The number of amides is 2. The lowest BCUT2D eigenvalue weighted by Gasteiger charge is -2.28. The number of nitrogens with zero attached hydrogens (tertiary/aromatic N) is 1. The minimum absolute atomic E-state index is 0.176. The van der Waals surface area contributed by atoms with Crippen LogP contribution in [0.15, 0.2) is 36.1 Å². The normalized spacial score (nSPS) is 15.5. The molecule has 0 saturated carbocycles. The summed E-state index contributed by atoms with van der Waals surface area (Å²) in [5.41, 5.74) is 0.731. The van der Waals surface area contributed by atoms with Crippen LogP contribution in [0.2, 0.25) is 0 Å². The van der Waals surface area contributed by atoms with E-state index in [1.54, 1.807) is 24.3 Å². The van der Waals surface area contributed by atoms with Gasteiger partial charge >= 0.3 is 5.97 Å². The van der Waals surface area contributed by atoms with Gasteiger partial charge in [-0.15, -0.1) is 0 Å². The molecule has 128 valence electrons. The summed E-state index contributed by atoms with van der Waals surface area (Å²) in [6.45, 7) is 3.94. The average Bonchev–Trinajstić information content (AvgIpc) is 2.82. The quantitative estimate of drug-likeness (QED) is 0.346. The topological polar surface area (TPSA) is 72.9 Å². The molecule has 0 bridgehead atoms. The molecule has 1 atom stereocenters. The Bertz CT molecular complexity index is 657. The first-order valence-corrected chi connectivity index (χ1v) is 7.71. The SMILES string of the molecule is COC(=O)/C=C(\OC)C(CC(C)C)N1C(=O)c2ccccc2C1=O. The molecular weight excluding hydrogens is 310 g/mol. The van der Waals surface area contributed by atoms with Gasteiger partial charge in [0.25, 0.3) is 11.8 Å². The first-order chi connectivity index (χ1) is 11.4. The van der Waals surface area contributed by atoms with Crippen molar-refractivity contribution in [3.63, 3.8) is 0 Å². The van der Waals surface area contributed by atoms with Gasteiger partial charge in [-0.25, -0.2) is 4.79 Å². The van der Waals surface area contributed by atoms with E-state index < -0.39 is 12.0 Å². The monoisotopic (exact) mass is 331 g/mol. The number of benzene rings is 1. The smallest absolute Gasteiger partial charge is 0.333 e. The molecule has 1 aliphatic rings. The molecule has 0 fully saturated rings. The second kappa shape index (κ2) is 7.29. The van der Waals surface area contributed by atoms with Gasteiger partial charge in [-0.2, -0.15) is 0 Å². The van der Waals surface area contributed by atoms with E-state index in [1.807, 2.05) is 13.8 Å². The minimum atomic E-state index is -0.665. The number of esters is 1. The highest BCUT2D eigenvalue weighted by Gasteiger charge is 2.41. The molecule has 1 aromatic rings. The predicted octanol–water partition coefficient (Wildman–Crippen LogP) is 2.40. The van der Waals surface area contributed by atoms with E-state index in [-0.39, 0.29) is 23.5 Å². The third-order valence-electron chi connectivity index (χ3n) is 3.86. The van der Waals surface area contributed by atoms with E-state index in [0.29, 0.717) is 17.5 Å². The zero-order chi connectivity index (χ0) is 17.9. The zero-order valence-electron chi connectivity index (χ0n) is 14.2. The lowest BCUT2D eigenvalue weighted by molar-refractivity contribution is -0.135. The number of fused-ring (bicyclic) bond motifs is 1. The van der Waals surface area contributed by atoms with Gasteiger partial charge in [-0.05, 0) is 24.5 Å². The molecule has 6 heteroatoms. The molecule has 1 heterocycles. The standard InChI is InChI=1S/C18H21NO5/c1-11(2)9-14(15(23-3)10-16(20)24-4)19-17(21)12-7-5-6-8-13(12)18(19)22/h5-8,10-11,14H,9H2,1-4H3/b15-10-. The van der Waals surface area contributed by atoms with Gasteiger partial charge in [0, 0.05) is 0 Å². The number of rotatable bonds is 6. The molecule has 2 rings (SSSR count). The predicted molar refractivity (Wildman–Crippen MR) is 87.3 cm³/mol. The summed E-state index contributed by atoms with van der Waals surface area (Å²) in [4.78, 5) is 38.2. The van der Waals surface area contributed by atoms with E-state index in [2.05, 4.69) is 4.74 Å². The number of hydrogen-bond donors (Lipinski definition) is 0. The van der Waals surface area contributed by atoms with E-state index >= 15 is 0 Å². The van der Waals surface area contributed by atoms with Crippen LogP contribution in [-0.2, 0) is 14.3 Å². The molecule has 2 amide bonds. The highest BCUT2D eigenvalue weighted by atomic mass is 16.5. The fraction of sp³-hybridized carbons (Fsp3) is 0.389. The Morgan fingerprint density at radius 3 is 2.04 bits per heavy atom. The summed E-state index contributed by atoms with van der Waals surface area (Å²) in [5.74, 6) is -0.957. The van der Waals surface area contributed by atoms with E-state index in [1.165, 1.54) is 25.2 Å². The summed E-state index contributed by atoms with van der Waals surface area (Å²) < 4.78 is 9.94. The van der Waals surface area contributed by atoms with Crippen molar-refractivity contribution in [1.29, 1.82) is 0 Å². The van der Waals surface area contributed by atoms with Crippen molar-refractivity contribution >= 4 is 17.8 Å². The Hall–Kier alpha value is -2.63. The fourth-order valence-electron chi connectivity index (χ4n) is 2.75. The molecule has 6 nitrogen and oxygen atoms in total. The Kier molecular flexibility index (Phi) is 5.39. The lowest BCUT2D eigenvalue weighted by atomic mass is 10.00. The van der Waals surface area contributed by atoms with Crippen molar-refractivity contribution in [1.82, 2.24) is 4.90 Å². The van der Waals surface area contributed by atoms with Crippen molar-refractivity contribution in [2.75, 3.05) is 14.2 Å². The summed E-state index contributed by atoms with van der Waals surface area (Å²) in [7, 11) is 2.66. The van der Waals surface area contributed by atoms with E-state index in [0.717, 1.165) is 0 Å². The van der Waals surface area contributed by atoms with Crippen molar-refractivity contribution in [2.45, 2.75) is 26.3 Å².